The third-order valence-corrected chi connectivity index (χ3v) is 3.82. The molecule has 2 nitrogen and oxygen atoms in total. The molecule has 1 aliphatic rings. The van der Waals surface area contributed by atoms with Crippen molar-refractivity contribution in [2.75, 3.05) is 20.2 Å². The van der Waals surface area contributed by atoms with Crippen molar-refractivity contribution in [2.24, 2.45) is 5.92 Å². The number of alkyl halides is 3. The smallest absolute Gasteiger partial charge is 0.420 e. The van der Waals surface area contributed by atoms with Crippen molar-refractivity contribution in [2.45, 2.75) is 25.4 Å². The quantitative estimate of drug-likeness (QED) is 0.914. The van der Waals surface area contributed by atoms with Gasteiger partial charge in [0, 0.05) is 0 Å². The highest BCUT2D eigenvalue weighted by molar-refractivity contribution is 6.32. The molecule has 0 radical (unpaired) electrons. The summed E-state index contributed by atoms with van der Waals surface area (Å²) in [6.07, 6.45) is -1.78. The zero-order valence-corrected chi connectivity index (χ0v) is 11.9. The van der Waals surface area contributed by atoms with Gasteiger partial charge in [-0.25, -0.2) is 0 Å². The molecule has 0 spiro atoms. The van der Waals surface area contributed by atoms with Gasteiger partial charge in [-0.15, -0.1) is 0 Å². The highest BCUT2D eigenvalue weighted by Gasteiger charge is 2.36. The summed E-state index contributed by atoms with van der Waals surface area (Å²) >= 11 is 5.92. The maximum absolute atomic E-state index is 13.0. The number of piperidine rings is 1. The maximum atomic E-state index is 13.0. The topological polar surface area (TPSA) is 21.3 Å². The fraction of sp³-hybridized carbons (Fsp3) is 0.571. The van der Waals surface area contributed by atoms with Gasteiger partial charge in [-0.2, -0.15) is 13.2 Å². The first-order valence-corrected chi connectivity index (χ1v) is 6.94. The number of hydrogen-bond donors (Lipinski definition) is 1. The van der Waals surface area contributed by atoms with Gasteiger partial charge in [0.05, 0.1) is 17.7 Å². The molecule has 1 unspecified atom stereocenters. The van der Waals surface area contributed by atoms with E-state index in [4.69, 9.17) is 16.3 Å². The van der Waals surface area contributed by atoms with E-state index >= 15 is 0 Å². The van der Waals surface area contributed by atoms with Gasteiger partial charge in [-0.3, -0.25) is 0 Å². The Morgan fingerprint density at radius 2 is 2.15 bits per heavy atom. The molecule has 1 aromatic carbocycles. The summed E-state index contributed by atoms with van der Waals surface area (Å²) in [6.45, 7) is 1.82. The summed E-state index contributed by atoms with van der Waals surface area (Å²) in [5, 5.41) is 3.27. The van der Waals surface area contributed by atoms with Gasteiger partial charge in [-0.1, -0.05) is 11.6 Å². The molecule has 1 saturated heterocycles. The van der Waals surface area contributed by atoms with Crippen molar-refractivity contribution in [3.05, 3.63) is 28.3 Å². The fourth-order valence-electron chi connectivity index (χ4n) is 2.62. The van der Waals surface area contributed by atoms with Gasteiger partial charge in [-0.05, 0) is 56.0 Å². The van der Waals surface area contributed by atoms with Gasteiger partial charge in [0.15, 0.2) is 0 Å². The Labute approximate surface area is 121 Å². The molecule has 2 rings (SSSR count). The SMILES string of the molecule is COc1c(Cl)cc(CC2CCCNC2)cc1C(F)(F)F. The summed E-state index contributed by atoms with van der Waals surface area (Å²) in [6, 6.07) is 2.73. The Bertz CT molecular complexity index is 470. The molecule has 20 heavy (non-hydrogen) atoms. The van der Waals surface area contributed by atoms with E-state index in [9.17, 15) is 13.2 Å². The van der Waals surface area contributed by atoms with Crippen molar-refractivity contribution in [3.8, 4) is 5.75 Å². The summed E-state index contributed by atoms with van der Waals surface area (Å²) in [5.41, 5.74) is -0.192. The Morgan fingerprint density at radius 3 is 2.70 bits per heavy atom. The van der Waals surface area contributed by atoms with Crippen LogP contribution in [0, 0.1) is 5.92 Å². The Balaban J connectivity index is 2.28. The van der Waals surface area contributed by atoms with Crippen LogP contribution in [0.2, 0.25) is 5.02 Å². The number of halogens is 4. The van der Waals surface area contributed by atoms with Gasteiger partial charge in [0.2, 0.25) is 0 Å². The molecule has 0 aliphatic carbocycles. The van der Waals surface area contributed by atoms with Gasteiger partial charge in [0.25, 0.3) is 0 Å². The molecule has 0 saturated carbocycles. The van der Waals surface area contributed by atoms with Crippen molar-refractivity contribution < 1.29 is 17.9 Å². The zero-order valence-electron chi connectivity index (χ0n) is 11.2. The number of hydrogen-bond acceptors (Lipinski definition) is 2. The van der Waals surface area contributed by atoms with Crippen molar-refractivity contribution in [1.82, 2.24) is 5.32 Å². The lowest BCUT2D eigenvalue weighted by Crippen LogP contribution is -2.30. The summed E-state index contributed by atoms with van der Waals surface area (Å²) in [7, 11) is 1.20. The van der Waals surface area contributed by atoms with Crippen LogP contribution in [0.1, 0.15) is 24.0 Å². The first-order chi connectivity index (χ1) is 9.41. The Hall–Kier alpha value is -0.940. The van der Waals surface area contributed by atoms with E-state index in [-0.39, 0.29) is 10.8 Å². The van der Waals surface area contributed by atoms with Gasteiger partial charge in [0.1, 0.15) is 5.75 Å². The highest BCUT2D eigenvalue weighted by atomic mass is 35.5. The van der Waals surface area contributed by atoms with Crippen molar-refractivity contribution in [1.29, 1.82) is 0 Å². The first kappa shape index (κ1) is 15.4. The van der Waals surface area contributed by atoms with Crippen molar-refractivity contribution in [3.63, 3.8) is 0 Å². The Kier molecular flexibility index (Phi) is 4.81. The van der Waals surface area contributed by atoms with Crippen LogP contribution in [-0.4, -0.2) is 20.2 Å². The van der Waals surface area contributed by atoms with Crippen LogP contribution in [0.15, 0.2) is 12.1 Å². The minimum Gasteiger partial charge on any atom is -0.495 e. The van der Waals surface area contributed by atoms with Gasteiger partial charge >= 0.3 is 6.18 Å². The van der Waals surface area contributed by atoms with Crippen LogP contribution in [0.4, 0.5) is 13.2 Å². The van der Waals surface area contributed by atoms with E-state index in [1.165, 1.54) is 7.11 Å². The van der Waals surface area contributed by atoms with E-state index in [0.29, 0.717) is 17.9 Å². The van der Waals surface area contributed by atoms with Crippen LogP contribution in [-0.2, 0) is 12.6 Å². The van der Waals surface area contributed by atoms with E-state index < -0.39 is 11.7 Å². The molecule has 1 heterocycles. The van der Waals surface area contributed by atoms with E-state index in [0.717, 1.165) is 32.0 Å². The summed E-state index contributed by atoms with van der Waals surface area (Å²) in [5.74, 6) is 0.0546. The molecule has 6 heteroatoms. The van der Waals surface area contributed by atoms with Crippen molar-refractivity contribution >= 4 is 11.6 Å². The predicted octanol–water partition coefficient (Wildman–Crippen LogP) is 3.91. The molecular formula is C14H17ClF3NO. The van der Waals surface area contributed by atoms with E-state index in [2.05, 4.69) is 5.32 Å². The maximum Gasteiger partial charge on any atom is 0.420 e. The number of methoxy groups -OCH3 is 1. The standard InChI is InChI=1S/C14H17ClF3NO/c1-20-13-11(14(16,17)18)6-10(7-12(13)15)5-9-3-2-4-19-8-9/h6-7,9,19H,2-5,8H2,1H3. The third-order valence-electron chi connectivity index (χ3n) is 3.54. The Morgan fingerprint density at radius 1 is 1.40 bits per heavy atom. The summed E-state index contributed by atoms with van der Waals surface area (Å²) < 4.78 is 43.9. The van der Waals surface area contributed by atoms with Crippen LogP contribution in [0.5, 0.6) is 5.75 Å². The first-order valence-electron chi connectivity index (χ1n) is 6.56. The fourth-order valence-corrected chi connectivity index (χ4v) is 2.94. The normalized spacial score (nSPS) is 19.9. The minimum absolute atomic E-state index is 0.0149. The number of rotatable bonds is 3. The largest absolute Gasteiger partial charge is 0.495 e. The van der Waals surface area contributed by atoms with Crippen LogP contribution in [0.25, 0.3) is 0 Å². The predicted molar refractivity (Wildman–Crippen MR) is 72.3 cm³/mol. The van der Waals surface area contributed by atoms with E-state index in [1.807, 2.05) is 0 Å². The molecule has 112 valence electrons. The second kappa shape index (κ2) is 6.22. The second-order valence-corrected chi connectivity index (χ2v) is 5.48. The van der Waals surface area contributed by atoms with Gasteiger partial charge < -0.3 is 10.1 Å². The number of ether oxygens (including phenoxy) is 1. The average Bonchev–Trinajstić information content (AvgIpc) is 2.38. The third kappa shape index (κ3) is 3.58. The lowest BCUT2D eigenvalue weighted by atomic mass is 9.91. The minimum atomic E-state index is -4.46. The lowest BCUT2D eigenvalue weighted by Gasteiger charge is -2.23. The van der Waals surface area contributed by atoms with Crippen LogP contribution in [0.3, 0.4) is 0 Å². The molecule has 1 aromatic rings. The molecular weight excluding hydrogens is 291 g/mol. The zero-order chi connectivity index (χ0) is 14.8. The molecule has 1 fully saturated rings. The molecule has 1 N–H and O–H groups in total. The van der Waals surface area contributed by atoms with E-state index in [1.54, 1.807) is 6.07 Å². The monoisotopic (exact) mass is 307 g/mol. The average molecular weight is 308 g/mol. The van der Waals surface area contributed by atoms with Crippen LogP contribution < -0.4 is 10.1 Å². The highest BCUT2D eigenvalue weighted by Crippen LogP contribution is 2.41. The molecule has 0 bridgehead atoms. The molecule has 1 aliphatic heterocycles. The van der Waals surface area contributed by atoms with Crippen LogP contribution >= 0.6 is 11.6 Å². The number of nitrogens with one attached hydrogen (secondary N) is 1. The molecule has 1 atom stereocenters. The molecule has 0 amide bonds. The molecule has 0 aromatic heterocycles. The lowest BCUT2D eigenvalue weighted by molar-refractivity contribution is -0.138. The second-order valence-electron chi connectivity index (χ2n) is 5.07. The summed E-state index contributed by atoms with van der Waals surface area (Å²) in [4.78, 5) is 0. The number of benzene rings is 1.